The summed E-state index contributed by atoms with van der Waals surface area (Å²) < 4.78 is 32.5. The molecule has 2 aromatic heterocycles. The van der Waals surface area contributed by atoms with Crippen molar-refractivity contribution in [1.82, 2.24) is 14.5 Å². The number of hydrogen-bond acceptors (Lipinski definition) is 5. The van der Waals surface area contributed by atoms with Gasteiger partial charge in [-0.2, -0.15) is 8.78 Å². The first-order valence-electron chi connectivity index (χ1n) is 7.97. The number of nitrogens with zero attached hydrogens (tertiary/aromatic N) is 3. The van der Waals surface area contributed by atoms with Crippen molar-refractivity contribution >= 4 is 34.0 Å². The van der Waals surface area contributed by atoms with Crippen LogP contribution in [0, 0.1) is 6.92 Å². The smallest absolute Gasteiger partial charge is 0.320 e. The molecule has 1 unspecified atom stereocenters. The lowest BCUT2D eigenvalue weighted by atomic mass is 10.1. The van der Waals surface area contributed by atoms with Crippen molar-refractivity contribution in [3.05, 3.63) is 46.9 Å². The zero-order valence-electron chi connectivity index (χ0n) is 13.9. The van der Waals surface area contributed by atoms with E-state index in [4.69, 9.17) is 16.3 Å². The van der Waals surface area contributed by atoms with Crippen molar-refractivity contribution in [2.45, 2.75) is 26.0 Å². The molecule has 0 aliphatic carbocycles. The molecule has 0 saturated heterocycles. The molecule has 6 nitrogen and oxygen atoms in total. The van der Waals surface area contributed by atoms with Gasteiger partial charge in [-0.1, -0.05) is 22.9 Å². The molecule has 140 valence electrons. The summed E-state index contributed by atoms with van der Waals surface area (Å²) in [6.07, 6.45) is 2.20. The van der Waals surface area contributed by atoms with Crippen molar-refractivity contribution in [2.24, 2.45) is 0 Å². The number of carbonyl (C=O) groups is 1. The normalized spacial score (nSPS) is 15.7. The fourth-order valence-corrected chi connectivity index (χ4v) is 4.02. The van der Waals surface area contributed by atoms with Gasteiger partial charge in [0.2, 0.25) is 0 Å². The van der Waals surface area contributed by atoms with E-state index >= 15 is 0 Å². The molecule has 27 heavy (non-hydrogen) atoms. The Bertz CT molecular complexity index is 1020. The third kappa shape index (κ3) is 3.40. The van der Waals surface area contributed by atoms with Crippen molar-refractivity contribution in [1.29, 1.82) is 0 Å². The number of anilines is 1. The Hall–Kier alpha value is -2.52. The van der Waals surface area contributed by atoms with E-state index < -0.39 is 12.7 Å². The van der Waals surface area contributed by atoms with Gasteiger partial charge in [0.25, 0.3) is 5.91 Å². The first-order valence-corrected chi connectivity index (χ1v) is 9.16. The van der Waals surface area contributed by atoms with Crippen LogP contribution >= 0.6 is 22.9 Å². The second kappa shape index (κ2) is 6.90. The van der Waals surface area contributed by atoms with E-state index in [1.807, 2.05) is 0 Å². The molecule has 0 radical (unpaired) electrons. The van der Waals surface area contributed by atoms with Gasteiger partial charge < -0.3 is 4.74 Å². The maximum atomic E-state index is 13.1. The van der Waals surface area contributed by atoms with Crippen LogP contribution < -0.4 is 10.1 Å². The highest BCUT2D eigenvalue weighted by molar-refractivity contribution is 7.19. The molecular formula is C17H13ClF2N4O2S. The summed E-state index contributed by atoms with van der Waals surface area (Å²) in [7, 11) is 0. The van der Waals surface area contributed by atoms with Gasteiger partial charge in [-0.15, -0.1) is 0 Å². The number of carbonyl (C=O) groups excluding carboxylic acids is 1. The molecule has 0 bridgehead atoms. The van der Waals surface area contributed by atoms with E-state index in [-0.39, 0.29) is 11.7 Å². The Labute approximate surface area is 161 Å². The highest BCUT2D eigenvalue weighted by Crippen LogP contribution is 2.35. The number of nitrogens with one attached hydrogen (secondary N) is 1. The van der Waals surface area contributed by atoms with Crippen LogP contribution in [0.2, 0.25) is 5.02 Å². The van der Waals surface area contributed by atoms with E-state index in [2.05, 4.69) is 15.3 Å². The van der Waals surface area contributed by atoms with Crippen LogP contribution in [0.4, 0.5) is 13.9 Å². The molecule has 1 aromatic carbocycles. The number of benzene rings is 1. The zero-order chi connectivity index (χ0) is 19.1. The van der Waals surface area contributed by atoms with Gasteiger partial charge in [0.05, 0.1) is 10.6 Å². The van der Waals surface area contributed by atoms with Gasteiger partial charge >= 0.3 is 6.55 Å². The lowest BCUT2D eigenvalue weighted by molar-refractivity contribution is -0.122. The average Bonchev–Trinajstić information content (AvgIpc) is 3.31. The predicted molar refractivity (Wildman–Crippen MR) is 97.5 cm³/mol. The van der Waals surface area contributed by atoms with Gasteiger partial charge in [-0.3, -0.25) is 14.7 Å². The fourth-order valence-electron chi connectivity index (χ4n) is 2.85. The van der Waals surface area contributed by atoms with Gasteiger partial charge in [0.15, 0.2) is 17.1 Å². The second-order valence-electron chi connectivity index (χ2n) is 5.92. The molecule has 1 amide bonds. The van der Waals surface area contributed by atoms with Crippen LogP contribution in [-0.4, -0.2) is 26.5 Å². The molecule has 0 fully saturated rings. The van der Waals surface area contributed by atoms with Crippen LogP contribution in [-0.2, 0) is 11.2 Å². The Balaban J connectivity index is 1.51. The maximum Gasteiger partial charge on any atom is 0.320 e. The molecule has 10 heteroatoms. The zero-order valence-corrected chi connectivity index (χ0v) is 15.5. The molecule has 1 aliphatic rings. The number of halogens is 3. The number of hydrogen-bond donors (Lipinski definition) is 1. The lowest BCUT2D eigenvalue weighted by Crippen LogP contribution is -2.31. The molecule has 3 heterocycles. The first kappa shape index (κ1) is 17.9. The molecule has 0 spiro atoms. The third-order valence-corrected chi connectivity index (χ3v) is 5.40. The average molecular weight is 411 g/mol. The number of aromatic nitrogens is 3. The van der Waals surface area contributed by atoms with Crippen LogP contribution in [0.3, 0.4) is 0 Å². The summed E-state index contributed by atoms with van der Waals surface area (Å²) in [5.41, 5.74) is 1.36. The second-order valence-corrected chi connectivity index (χ2v) is 7.36. The number of amides is 1. The van der Waals surface area contributed by atoms with Crippen LogP contribution in [0.15, 0.2) is 30.6 Å². The first-order chi connectivity index (χ1) is 12.9. The van der Waals surface area contributed by atoms with Gasteiger partial charge in [0, 0.05) is 23.8 Å². The summed E-state index contributed by atoms with van der Waals surface area (Å²) >= 11 is 7.04. The molecule has 4 rings (SSSR count). The quantitative estimate of drug-likeness (QED) is 0.696. The number of imidazole rings is 1. The Morgan fingerprint density at radius 2 is 2.30 bits per heavy atom. The van der Waals surface area contributed by atoms with Gasteiger partial charge in [-0.25, -0.2) is 9.97 Å². The van der Waals surface area contributed by atoms with Crippen LogP contribution in [0.25, 0.3) is 10.7 Å². The summed E-state index contributed by atoms with van der Waals surface area (Å²) in [5, 5.41) is 3.57. The highest BCUT2D eigenvalue weighted by Gasteiger charge is 2.30. The maximum absolute atomic E-state index is 13.1. The number of ether oxygens (including phenoxy) is 1. The van der Waals surface area contributed by atoms with Crippen molar-refractivity contribution in [3.63, 3.8) is 0 Å². The van der Waals surface area contributed by atoms with E-state index in [1.54, 1.807) is 25.1 Å². The summed E-state index contributed by atoms with van der Waals surface area (Å²) in [4.78, 5) is 21.2. The number of aryl methyl sites for hydroxylation is 1. The molecule has 1 atom stereocenters. The molecule has 1 N–H and O–H groups in total. The minimum Gasteiger partial charge on any atom is -0.480 e. The van der Waals surface area contributed by atoms with E-state index in [0.29, 0.717) is 32.9 Å². The highest BCUT2D eigenvalue weighted by atomic mass is 35.5. The van der Waals surface area contributed by atoms with Gasteiger partial charge in [0.1, 0.15) is 5.75 Å². The Kier molecular flexibility index (Phi) is 4.56. The van der Waals surface area contributed by atoms with E-state index in [9.17, 15) is 13.6 Å². The van der Waals surface area contributed by atoms with Crippen molar-refractivity contribution in [2.75, 3.05) is 5.32 Å². The Morgan fingerprint density at radius 3 is 3.07 bits per heavy atom. The molecule has 1 aliphatic heterocycles. The lowest BCUT2D eigenvalue weighted by Gasteiger charge is -2.09. The largest absolute Gasteiger partial charge is 0.480 e. The van der Waals surface area contributed by atoms with Crippen LogP contribution in [0.5, 0.6) is 5.75 Å². The predicted octanol–water partition coefficient (Wildman–Crippen LogP) is 4.31. The standard InChI is InChI=1S/C17H13ClF2N4O2S/c1-8-13(14-21-4-5-24(14)16(19)20)27-17(22-8)23-15(25)12-7-9-6-10(18)2-3-11(9)26-12/h2-6,12,16H,7H2,1H3,(H,22,23,25). The number of thiazole rings is 1. The number of fused-ring (bicyclic) bond motifs is 1. The molecule has 0 saturated carbocycles. The summed E-state index contributed by atoms with van der Waals surface area (Å²) in [6, 6.07) is 5.18. The molecule has 3 aromatic rings. The van der Waals surface area contributed by atoms with Crippen molar-refractivity contribution < 1.29 is 18.3 Å². The fraction of sp³-hybridized carbons (Fsp3) is 0.235. The van der Waals surface area contributed by atoms with Gasteiger partial charge in [-0.05, 0) is 30.7 Å². The van der Waals surface area contributed by atoms with Crippen LogP contribution in [0.1, 0.15) is 17.8 Å². The number of alkyl halides is 2. The summed E-state index contributed by atoms with van der Waals surface area (Å²) in [6.45, 7) is -1.03. The summed E-state index contributed by atoms with van der Waals surface area (Å²) in [5.74, 6) is 0.369. The minimum absolute atomic E-state index is 0.111. The Morgan fingerprint density at radius 1 is 1.48 bits per heavy atom. The number of rotatable bonds is 4. The monoisotopic (exact) mass is 410 g/mol. The minimum atomic E-state index is -2.71. The van der Waals surface area contributed by atoms with E-state index in [0.717, 1.165) is 21.5 Å². The third-order valence-electron chi connectivity index (χ3n) is 4.10. The topological polar surface area (TPSA) is 69.0 Å². The SMILES string of the molecule is Cc1nc(NC(=O)C2Cc3cc(Cl)ccc3O2)sc1-c1nccn1C(F)F. The van der Waals surface area contributed by atoms with E-state index in [1.165, 1.54) is 12.4 Å². The molecular weight excluding hydrogens is 398 g/mol. The van der Waals surface area contributed by atoms with Crippen molar-refractivity contribution in [3.8, 4) is 16.5 Å².